The number of carboxylic acids is 1. The highest BCUT2D eigenvalue weighted by atomic mass is 127. The monoisotopic (exact) mass is 438 g/mol. The molecule has 0 saturated heterocycles. The molecular formula is C17H15IN2O4. The van der Waals surface area contributed by atoms with Crippen molar-refractivity contribution < 1.29 is 19.5 Å². The number of rotatable bonds is 6. The zero-order valence-corrected chi connectivity index (χ0v) is 14.7. The largest absolute Gasteiger partial charge is 0.480 e. The van der Waals surface area contributed by atoms with E-state index in [2.05, 4.69) is 10.6 Å². The third kappa shape index (κ3) is 5.34. The summed E-state index contributed by atoms with van der Waals surface area (Å²) < 4.78 is -0.209. The van der Waals surface area contributed by atoms with Gasteiger partial charge < -0.3 is 15.7 Å². The van der Waals surface area contributed by atoms with E-state index in [1.165, 1.54) is 0 Å². The van der Waals surface area contributed by atoms with E-state index in [0.29, 0.717) is 11.3 Å². The second-order valence-corrected chi connectivity index (χ2v) is 6.01. The molecule has 7 heteroatoms. The van der Waals surface area contributed by atoms with Gasteiger partial charge in [-0.2, -0.15) is 0 Å². The van der Waals surface area contributed by atoms with E-state index >= 15 is 0 Å². The summed E-state index contributed by atoms with van der Waals surface area (Å²) in [6, 6.07) is 14.2. The molecule has 0 aliphatic carbocycles. The summed E-state index contributed by atoms with van der Waals surface area (Å²) in [5, 5.41) is 14.5. The number of anilines is 1. The van der Waals surface area contributed by atoms with E-state index < -0.39 is 17.9 Å². The van der Waals surface area contributed by atoms with Crippen LogP contribution in [0.5, 0.6) is 0 Å². The molecule has 2 rings (SSSR count). The van der Waals surface area contributed by atoms with Gasteiger partial charge in [0.05, 0.1) is 0 Å². The number of benzene rings is 2. The third-order valence-electron chi connectivity index (χ3n) is 3.28. The van der Waals surface area contributed by atoms with Crippen molar-refractivity contribution in [2.45, 2.75) is 12.5 Å². The third-order valence-corrected chi connectivity index (χ3v) is 3.55. The van der Waals surface area contributed by atoms with E-state index in [-0.39, 0.29) is 10.3 Å². The number of hydrogen-bond donors (Lipinski definition) is 3. The lowest BCUT2D eigenvalue weighted by Gasteiger charge is -2.15. The molecule has 0 heterocycles. The second-order valence-electron chi connectivity index (χ2n) is 5.03. The average molecular weight is 438 g/mol. The lowest BCUT2D eigenvalue weighted by molar-refractivity contribution is -0.139. The molecule has 2 amide bonds. The molecule has 2 aromatic carbocycles. The van der Waals surface area contributed by atoms with Gasteiger partial charge in [-0.1, -0.05) is 30.3 Å². The van der Waals surface area contributed by atoms with Gasteiger partial charge >= 0.3 is 5.97 Å². The fraction of sp³-hybridized carbons (Fsp3) is 0.118. The zero-order chi connectivity index (χ0) is 17.5. The Labute approximate surface area is 152 Å². The van der Waals surface area contributed by atoms with Crippen LogP contribution in [0, 0.1) is 0 Å². The van der Waals surface area contributed by atoms with Crippen LogP contribution in [0.3, 0.4) is 0 Å². The molecule has 0 bridgehead atoms. The molecule has 0 fully saturated rings. The van der Waals surface area contributed by atoms with E-state index in [0.717, 1.165) is 5.56 Å². The van der Waals surface area contributed by atoms with Gasteiger partial charge in [-0.3, -0.25) is 9.59 Å². The Bertz CT molecular complexity index is 732. The molecule has 2 aromatic rings. The van der Waals surface area contributed by atoms with Crippen LogP contribution in [0.15, 0.2) is 54.6 Å². The molecule has 0 saturated carbocycles. The second kappa shape index (κ2) is 8.44. The van der Waals surface area contributed by atoms with Gasteiger partial charge in [0.2, 0.25) is 0 Å². The Kier molecular flexibility index (Phi) is 6.30. The summed E-state index contributed by atoms with van der Waals surface area (Å²) in [7, 11) is 0. The first-order valence-corrected chi connectivity index (χ1v) is 8.17. The minimum absolute atomic E-state index is 0.145. The number of amides is 2. The van der Waals surface area contributed by atoms with Gasteiger partial charge in [0.15, 0.2) is 0 Å². The number of hydrogen-bond acceptors (Lipinski definition) is 3. The highest BCUT2D eigenvalue weighted by Crippen LogP contribution is 2.13. The summed E-state index contributed by atoms with van der Waals surface area (Å²) in [4.78, 5) is 34.5. The van der Waals surface area contributed by atoms with E-state index in [1.807, 2.05) is 0 Å². The maximum Gasteiger partial charge on any atom is 0.326 e. The summed E-state index contributed by atoms with van der Waals surface area (Å²) in [5.41, 5.74) is 1.77. The Morgan fingerprint density at radius 2 is 1.62 bits per heavy atom. The highest BCUT2D eigenvalue weighted by Gasteiger charge is 2.21. The molecule has 6 nitrogen and oxygen atoms in total. The molecule has 0 aliphatic rings. The summed E-state index contributed by atoms with van der Waals surface area (Å²) in [6.07, 6.45) is 0.145. The Balaban J connectivity index is 2.04. The van der Waals surface area contributed by atoms with E-state index in [9.17, 15) is 19.5 Å². The Morgan fingerprint density at radius 1 is 1.00 bits per heavy atom. The minimum atomic E-state index is -1.11. The average Bonchev–Trinajstić information content (AvgIpc) is 2.56. The predicted molar refractivity (Wildman–Crippen MR) is 98.5 cm³/mol. The van der Waals surface area contributed by atoms with Crippen LogP contribution in [0.25, 0.3) is 0 Å². The molecule has 0 aliphatic heterocycles. The van der Waals surface area contributed by atoms with Crippen molar-refractivity contribution >= 4 is 44.1 Å². The molecule has 0 radical (unpaired) electrons. The van der Waals surface area contributed by atoms with Crippen molar-refractivity contribution in [2.75, 3.05) is 5.32 Å². The van der Waals surface area contributed by atoms with Crippen molar-refractivity contribution in [1.82, 2.24) is 5.32 Å². The molecule has 3 N–H and O–H groups in total. The maximum atomic E-state index is 12.1. The number of halogens is 1. The van der Waals surface area contributed by atoms with Gasteiger partial charge in [0.25, 0.3) is 9.82 Å². The molecule has 0 spiro atoms. The van der Waals surface area contributed by atoms with E-state index in [4.69, 9.17) is 0 Å². The summed E-state index contributed by atoms with van der Waals surface area (Å²) in [6.45, 7) is 0. The van der Waals surface area contributed by atoms with Crippen LogP contribution in [0.4, 0.5) is 10.5 Å². The molecule has 1 atom stereocenters. The lowest BCUT2D eigenvalue weighted by Crippen LogP contribution is -2.42. The highest BCUT2D eigenvalue weighted by molar-refractivity contribution is 14.1. The summed E-state index contributed by atoms with van der Waals surface area (Å²) >= 11 is 1.63. The summed E-state index contributed by atoms with van der Waals surface area (Å²) in [5.74, 6) is -1.54. The van der Waals surface area contributed by atoms with Gasteiger partial charge in [0, 0.05) is 40.3 Å². The number of carboxylic acid groups (broad SMARTS) is 1. The van der Waals surface area contributed by atoms with Crippen molar-refractivity contribution in [3.8, 4) is 0 Å². The van der Waals surface area contributed by atoms with Gasteiger partial charge in [0.1, 0.15) is 6.04 Å². The number of nitrogens with one attached hydrogen (secondary N) is 2. The van der Waals surface area contributed by atoms with Crippen molar-refractivity contribution in [3.63, 3.8) is 0 Å². The number of carbonyl (C=O) groups is 3. The van der Waals surface area contributed by atoms with Gasteiger partial charge in [-0.15, -0.1) is 0 Å². The molecule has 0 unspecified atom stereocenters. The number of carbonyl (C=O) groups excluding carboxylic acids is 2. The smallest absolute Gasteiger partial charge is 0.326 e. The number of aliphatic carboxylic acids is 1. The quantitative estimate of drug-likeness (QED) is 0.367. The van der Waals surface area contributed by atoms with Crippen LogP contribution < -0.4 is 10.6 Å². The van der Waals surface area contributed by atoms with Gasteiger partial charge in [-0.05, 0) is 29.8 Å². The van der Waals surface area contributed by atoms with Crippen LogP contribution in [0.1, 0.15) is 15.9 Å². The normalized spacial score (nSPS) is 11.4. The first kappa shape index (κ1) is 17.9. The topological polar surface area (TPSA) is 95.5 Å². The first-order valence-electron chi connectivity index (χ1n) is 7.10. The molecule has 124 valence electrons. The van der Waals surface area contributed by atoms with Crippen molar-refractivity contribution in [1.29, 1.82) is 0 Å². The maximum absolute atomic E-state index is 12.1. The van der Waals surface area contributed by atoms with Crippen LogP contribution in [-0.2, 0) is 11.2 Å². The van der Waals surface area contributed by atoms with Crippen LogP contribution >= 0.6 is 22.6 Å². The Hall–Kier alpha value is -2.42. The van der Waals surface area contributed by atoms with Crippen molar-refractivity contribution in [2.24, 2.45) is 0 Å². The zero-order valence-electron chi connectivity index (χ0n) is 12.5. The van der Waals surface area contributed by atoms with Crippen LogP contribution in [0.2, 0.25) is 0 Å². The Morgan fingerprint density at radius 3 is 2.17 bits per heavy atom. The van der Waals surface area contributed by atoms with E-state index in [1.54, 1.807) is 77.2 Å². The fourth-order valence-corrected chi connectivity index (χ4v) is 2.42. The van der Waals surface area contributed by atoms with Crippen LogP contribution in [-0.4, -0.2) is 26.9 Å². The van der Waals surface area contributed by atoms with Gasteiger partial charge in [-0.25, -0.2) is 4.79 Å². The standard InChI is InChI=1S/C17H15IN2O4/c18-17(24)19-13-8-6-11(7-9-13)10-14(16(22)23)20-15(21)12-4-2-1-3-5-12/h1-9,14H,10H2,(H,19,24)(H,20,21)(H,22,23)/t14-/m0/s1. The lowest BCUT2D eigenvalue weighted by atomic mass is 10.0. The fourth-order valence-electron chi connectivity index (χ4n) is 2.10. The molecule has 24 heavy (non-hydrogen) atoms. The van der Waals surface area contributed by atoms with Crippen molar-refractivity contribution in [3.05, 3.63) is 65.7 Å². The first-order chi connectivity index (χ1) is 11.5. The predicted octanol–water partition coefficient (Wildman–Crippen LogP) is 3.08. The molecular weight excluding hydrogens is 423 g/mol. The molecule has 0 aromatic heterocycles. The minimum Gasteiger partial charge on any atom is -0.480 e. The SMILES string of the molecule is O=C(I)Nc1ccc(C[C@H](NC(=O)c2ccccc2)C(=O)O)cc1.